The van der Waals surface area contributed by atoms with Crippen molar-refractivity contribution in [3.8, 4) is 6.07 Å². The lowest BCUT2D eigenvalue weighted by Gasteiger charge is -2.36. The van der Waals surface area contributed by atoms with E-state index in [1.54, 1.807) is 6.07 Å². The average molecular weight is 260 g/mol. The summed E-state index contributed by atoms with van der Waals surface area (Å²) in [4.78, 5) is 2.09. The third kappa shape index (κ3) is 2.89. The molecule has 0 aliphatic heterocycles. The molecule has 0 unspecified atom stereocenters. The molecular formula is C16H21FN2. The highest BCUT2D eigenvalue weighted by atomic mass is 19.1. The normalized spacial score (nSPS) is 22.8. The van der Waals surface area contributed by atoms with Crippen LogP contribution in [0.3, 0.4) is 0 Å². The van der Waals surface area contributed by atoms with Gasteiger partial charge in [-0.15, -0.1) is 0 Å². The molecule has 0 saturated heterocycles. The summed E-state index contributed by atoms with van der Waals surface area (Å²) in [6.07, 6.45) is 6.00. The summed E-state index contributed by atoms with van der Waals surface area (Å²) in [5, 5.41) is 9.11. The summed E-state index contributed by atoms with van der Waals surface area (Å²) in [5.41, 5.74) is 0.894. The van der Waals surface area contributed by atoms with Crippen LogP contribution in [0.5, 0.6) is 0 Å². The van der Waals surface area contributed by atoms with Gasteiger partial charge < -0.3 is 4.90 Å². The molecule has 2 rings (SSSR count). The highest BCUT2D eigenvalue weighted by molar-refractivity contribution is 5.60. The zero-order valence-electron chi connectivity index (χ0n) is 11.7. The lowest BCUT2D eigenvalue weighted by Crippen LogP contribution is -2.35. The Morgan fingerprint density at radius 2 is 2.00 bits per heavy atom. The van der Waals surface area contributed by atoms with Crippen molar-refractivity contribution in [2.24, 2.45) is 5.92 Å². The Balaban J connectivity index is 2.15. The largest absolute Gasteiger partial charge is 0.370 e. The van der Waals surface area contributed by atoms with Gasteiger partial charge in [-0.05, 0) is 43.7 Å². The van der Waals surface area contributed by atoms with Gasteiger partial charge in [-0.2, -0.15) is 5.26 Å². The van der Waals surface area contributed by atoms with Crippen molar-refractivity contribution in [3.05, 3.63) is 29.6 Å². The van der Waals surface area contributed by atoms with Gasteiger partial charge in [0.25, 0.3) is 0 Å². The van der Waals surface area contributed by atoms with Crippen molar-refractivity contribution in [3.63, 3.8) is 0 Å². The van der Waals surface area contributed by atoms with E-state index in [9.17, 15) is 4.39 Å². The second-order valence-corrected chi connectivity index (χ2v) is 5.44. The molecule has 1 saturated carbocycles. The molecule has 19 heavy (non-hydrogen) atoms. The molecule has 0 heterocycles. The Kier molecular flexibility index (Phi) is 4.42. The maximum atomic E-state index is 13.6. The van der Waals surface area contributed by atoms with E-state index in [0.717, 1.165) is 24.4 Å². The predicted molar refractivity (Wildman–Crippen MR) is 75.6 cm³/mol. The summed E-state index contributed by atoms with van der Waals surface area (Å²) in [7, 11) is 1.98. The lowest BCUT2D eigenvalue weighted by molar-refractivity contribution is 0.313. The minimum Gasteiger partial charge on any atom is -0.370 e. The van der Waals surface area contributed by atoms with Crippen LogP contribution in [0.1, 0.15) is 44.6 Å². The highest BCUT2D eigenvalue weighted by Gasteiger charge is 2.25. The van der Waals surface area contributed by atoms with Crippen molar-refractivity contribution in [2.75, 3.05) is 11.9 Å². The van der Waals surface area contributed by atoms with Crippen LogP contribution in [0.2, 0.25) is 0 Å². The molecule has 1 aromatic rings. The monoisotopic (exact) mass is 260 g/mol. The van der Waals surface area contributed by atoms with Gasteiger partial charge in [-0.1, -0.05) is 19.4 Å². The third-order valence-electron chi connectivity index (χ3n) is 4.42. The molecule has 2 nitrogen and oxygen atoms in total. The Morgan fingerprint density at radius 1 is 1.32 bits per heavy atom. The molecule has 0 atom stereocenters. The first-order valence-electron chi connectivity index (χ1n) is 7.08. The number of nitriles is 1. The van der Waals surface area contributed by atoms with E-state index in [1.807, 2.05) is 19.2 Å². The van der Waals surface area contributed by atoms with Crippen molar-refractivity contribution >= 4 is 5.69 Å². The van der Waals surface area contributed by atoms with Crippen LogP contribution in [0.4, 0.5) is 10.1 Å². The maximum absolute atomic E-state index is 13.6. The maximum Gasteiger partial charge on any atom is 0.143 e. The Labute approximate surface area is 114 Å². The van der Waals surface area contributed by atoms with Crippen molar-refractivity contribution in [1.82, 2.24) is 0 Å². The summed E-state index contributed by atoms with van der Waals surface area (Å²) in [6, 6.07) is 7.29. The van der Waals surface area contributed by atoms with Crippen molar-refractivity contribution in [1.29, 1.82) is 5.26 Å². The minimum absolute atomic E-state index is 0.169. The fraction of sp³-hybridized carbons (Fsp3) is 0.562. The van der Waals surface area contributed by atoms with Crippen LogP contribution >= 0.6 is 0 Å². The van der Waals surface area contributed by atoms with Crippen LogP contribution in [-0.2, 0) is 0 Å². The number of hydrogen-bond donors (Lipinski definition) is 0. The zero-order chi connectivity index (χ0) is 13.8. The number of benzene rings is 1. The van der Waals surface area contributed by atoms with Crippen LogP contribution in [-0.4, -0.2) is 13.1 Å². The molecule has 1 fully saturated rings. The standard InChI is InChI=1S/C16H21FN2/c1-3-12-7-9-13(10-8-12)19(2)16-6-4-5-15(17)14(16)11-18/h4-6,12-13H,3,7-10H2,1-2H3. The van der Waals surface area contributed by atoms with E-state index in [1.165, 1.54) is 25.3 Å². The number of rotatable bonds is 3. The first kappa shape index (κ1) is 13.9. The predicted octanol–water partition coefficient (Wildman–Crippen LogP) is 4.10. The summed E-state index contributed by atoms with van der Waals surface area (Å²) in [5.74, 6) is 0.418. The molecule has 0 radical (unpaired) electrons. The van der Waals surface area contributed by atoms with Gasteiger partial charge in [-0.25, -0.2) is 4.39 Å². The molecule has 0 spiro atoms. The minimum atomic E-state index is -0.422. The molecule has 102 valence electrons. The number of halogens is 1. The van der Waals surface area contributed by atoms with Crippen molar-refractivity contribution in [2.45, 2.75) is 45.1 Å². The first-order chi connectivity index (χ1) is 9.17. The topological polar surface area (TPSA) is 27.0 Å². The van der Waals surface area contributed by atoms with Crippen LogP contribution in [0.25, 0.3) is 0 Å². The van der Waals surface area contributed by atoms with Crippen LogP contribution < -0.4 is 4.90 Å². The second-order valence-electron chi connectivity index (χ2n) is 5.44. The quantitative estimate of drug-likeness (QED) is 0.818. The van der Waals surface area contributed by atoms with Crippen molar-refractivity contribution < 1.29 is 4.39 Å². The molecule has 0 N–H and O–H groups in total. The summed E-state index contributed by atoms with van der Waals surface area (Å²) >= 11 is 0. The molecule has 0 bridgehead atoms. The Hall–Kier alpha value is -1.56. The molecule has 0 aromatic heterocycles. The van der Waals surface area contributed by atoms with E-state index in [2.05, 4.69) is 11.8 Å². The second kappa shape index (κ2) is 6.06. The molecular weight excluding hydrogens is 239 g/mol. The molecule has 1 aliphatic carbocycles. The van der Waals surface area contributed by atoms with Crippen LogP contribution in [0, 0.1) is 23.1 Å². The Bertz CT molecular complexity index is 470. The molecule has 3 heteroatoms. The van der Waals surface area contributed by atoms with E-state index in [-0.39, 0.29) is 5.56 Å². The lowest BCUT2D eigenvalue weighted by atomic mass is 9.84. The van der Waals surface area contributed by atoms with E-state index >= 15 is 0 Å². The SMILES string of the molecule is CCC1CCC(N(C)c2cccc(F)c2C#N)CC1. The van der Waals surface area contributed by atoms with Gasteiger partial charge in [0.1, 0.15) is 17.4 Å². The molecule has 0 amide bonds. The van der Waals surface area contributed by atoms with Gasteiger partial charge in [0.2, 0.25) is 0 Å². The van der Waals surface area contributed by atoms with Gasteiger partial charge in [0, 0.05) is 13.1 Å². The van der Waals surface area contributed by atoms with E-state index in [4.69, 9.17) is 5.26 Å². The van der Waals surface area contributed by atoms with E-state index in [0.29, 0.717) is 6.04 Å². The zero-order valence-corrected chi connectivity index (χ0v) is 11.7. The fourth-order valence-electron chi connectivity index (χ4n) is 3.05. The van der Waals surface area contributed by atoms with E-state index < -0.39 is 5.82 Å². The Morgan fingerprint density at radius 3 is 2.58 bits per heavy atom. The van der Waals surface area contributed by atoms with Gasteiger partial charge in [-0.3, -0.25) is 0 Å². The number of hydrogen-bond acceptors (Lipinski definition) is 2. The smallest absolute Gasteiger partial charge is 0.143 e. The van der Waals surface area contributed by atoms with Gasteiger partial charge in [0.15, 0.2) is 0 Å². The number of nitrogens with zero attached hydrogens (tertiary/aromatic N) is 2. The van der Waals surface area contributed by atoms with Crippen LogP contribution in [0.15, 0.2) is 18.2 Å². The summed E-state index contributed by atoms with van der Waals surface area (Å²) < 4.78 is 13.6. The average Bonchev–Trinajstić information content (AvgIpc) is 2.46. The molecule has 1 aliphatic rings. The highest BCUT2D eigenvalue weighted by Crippen LogP contribution is 2.32. The first-order valence-corrected chi connectivity index (χ1v) is 7.08. The fourth-order valence-corrected chi connectivity index (χ4v) is 3.05. The van der Waals surface area contributed by atoms with Gasteiger partial charge >= 0.3 is 0 Å². The summed E-state index contributed by atoms with van der Waals surface area (Å²) in [6.45, 7) is 2.25. The number of anilines is 1. The van der Waals surface area contributed by atoms with Gasteiger partial charge in [0.05, 0.1) is 5.69 Å². The molecule has 1 aromatic carbocycles. The third-order valence-corrected chi connectivity index (χ3v) is 4.42.